The summed E-state index contributed by atoms with van der Waals surface area (Å²) in [6.45, 7) is 5.02. The molecule has 3 unspecified atom stereocenters. The van der Waals surface area contributed by atoms with Gasteiger partial charge in [-0.15, -0.1) is 0 Å². The largest absolute Gasteiger partial charge is 0.497 e. The second kappa shape index (κ2) is 5.59. The molecule has 1 N–H and O–H groups in total. The summed E-state index contributed by atoms with van der Waals surface area (Å²) < 4.78 is 16.6. The van der Waals surface area contributed by atoms with E-state index in [0.29, 0.717) is 6.04 Å². The van der Waals surface area contributed by atoms with Crippen LogP contribution in [0.1, 0.15) is 25.5 Å². The van der Waals surface area contributed by atoms with E-state index in [-0.39, 0.29) is 12.2 Å². The Morgan fingerprint density at radius 3 is 2.22 bits per heavy atom. The monoisotopic (exact) mass is 251 g/mol. The number of rotatable bonds is 3. The van der Waals surface area contributed by atoms with Gasteiger partial charge in [-0.05, 0) is 31.5 Å². The molecule has 0 aromatic heterocycles. The molecule has 0 spiro atoms. The zero-order chi connectivity index (χ0) is 13.1. The lowest BCUT2D eigenvalue weighted by Crippen LogP contribution is -2.46. The van der Waals surface area contributed by atoms with Gasteiger partial charge < -0.3 is 19.5 Å². The first-order valence-corrected chi connectivity index (χ1v) is 6.26. The van der Waals surface area contributed by atoms with Crippen molar-refractivity contribution in [1.82, 2.24) is 5.32 Å². The molecule has 100 valence electrons. The van der Waals surface area contributed by atoms with Crippen LogP contribution in [0.4, 0.5) is 0 Å². The van der Waals surface area contributed by atoms with Crippen LogP contribution in [0.5, 0.6) is 11.5 Å². The Hall–Kier alpha value is -1.26. The highest BCUT2D eigenvalue weighted by molar-refractivity contribution is 5.39. The lowest BCUT2D eigenvalue weighted by Gasteiger charge is -2.34. The molecule has 0 aliphatic carbocycles. The molecular formula is C14H21NO3. The van der Waals surface area contributed by atoms with Gasteiger partial charge in [0.1, 0.15) is 11.5 Å². The van der Waals surface area contributed by atoms with E-state index in [1.54, 1.807) is 14.2 Å². The van der Waals surface area contributed by atoms with E-state index in [1.807, 2.05) is 18.2 Å². The third-order valence-corrected chi connectivity index (χ3v) is 3.45. The van der Waals surface area contributed by atoms with Crippen LogP contribution in [0.15, 0.2) is 18.2 Å². The number of hydrogen-bond acceptors (Lipinski definition) is 4. The molecule has 1 aromatic rings. The molecular weight excluding hydrogens is 230 g/mol. The predicted molar refractivity (Wildman–Crippen MR) is 70.3 cm³/mol. The van der Waals surface area contributed by atoms with Crippen molar-refractivity contribution >= 4 is 0 Å². The van der Waals surface area contributed by atoms with E-state index in [9.17, 15) is 0 Å². The van der Waals surface area contributed by atoms with Crippen molar-refractivity contribution in [1.29, 1.82) is 0 Å². The normalized spacial score (nSPS) is 27.9. The lowest BCUT2D eigenvalue weighted by molar-refractivity contribution is -0.0510. The van der Waals surface area contributed by atoms with Crippen molar-refractivity contribution in [3.8, 4) is 11.5 Å². The lowest BCUT2D eigenvalue weighted by atomic mass is 10.0. The first-order valence-electron chi connectivity index (χ1n) is 6.26. The summed E-state index contributed by atoms with van der Waals surface area (Å²) >= 11 is 0. The number of methoxy groups -OCH3 is 2. The quantitative estimate of drug-likeness (QED) is 0.893. The molecule has 1 heterocycles. The van der Waals surface area contributed by atoms with Gasteiger partial charge in [-0.2, -0.15) is 0 Å². The van der Waals surface area contributed by atoms with Crippen LogP contribution in [0.25, 0.3) is 0 Å². The Bertz CT molecular complexity index is 386. The van der Waals surface area contributed by atoms with Crippen LogP contribution >= 0.6 is 0 Å². The first-order chi connectivity index (χ1) is 8.63. The minimum Gasteiger partial charge on any atom is -0.497 e. The average molecular weight is 251 g/mol. The van der Waals surface area contributed by atoms with Crippen molar-refractivity contribution in [3.05, 3.63) is 23.8 Å². The maximum atomic E-state index is 6.01. The Kier molecular flexibility index (Phi) is 4.09. The second-order valence-corrected chi connectivity index (χ2v) is 4.67. The smallest absolute Gasteiger partial charge is 0.122 e. The standard InChI is InChI=1S/C14H21NO3/c1-9-10(2)18-14(8-15-9)11-5-12(16-3)7-13(6-11)17-4/h5-7,9-10,14-15H,8H2,1-4H3. The van der Waals surface area contributed by atoms with Gasteiger partial charge in [-0.3, -0.25) is 0 Å². The van der Waals surface area contributed by atoms with Crippen LogP contribution in [0.3, 0.4) is 0 Å². The van der Waals surface area contributed by atoms with E-state index in [2.05, 4.69) is 19.2 Å². The summed E-state index contributed by atoms with van der Waals surface area (Å²) in [7, 11) is 3.31. The molecule has 0 radical (unpaired) electrons. The van der Waals surface area contributed by atoms with Crippen molar-refractivity contribution in [3.63, 3.8) is 0 Å². The van der Waals surface area contributed by atoms with Crippen LogP contribution in [0.2, 0.25) is 0 Å². The third-order valence-electron chi connectivity index (χ3n) is 3.45. The fourth-order valence-corrected chi connectivity index (χ4v) is 2.10. The molecule has 1 aromatic carbocycles. The summed E-state index contributed by atoms with van der Waals surface area (Å²) in [4.78, 5) is 0. The number of benzene rings is 1. The number of morpholine rings is 1. The number of ether oxygens (including phenoxy) is 3. The molecule has 2 rings (SSSR count). The predicted octanol–water partition coefficient (Wildman–Crippen LogP) is 2.14. The highest BCUT2D eigenvalue weighted by atomic mass is 16.5. The zero-order valence-electron chi connectivity index (χ0n) is 11.4. The van der Waals surface area contributed by atoms with Crippen LogP contribution < -0.4 is 14.8 Å². The minimum absolute atomic E-state index is 0.0419. The van der Waals surface area contributed by atoms with E-state index < -0.39 is 0 Å². The van der Waals surface area contributed by atoms with Gasteiger partial charge in [0.05, 0.1) is 26.4 Å². The Morgan fingerprint density at radius 2 is 1.72 bits per heavy atom. The SMILES string of the molecule is COc1cc(OC)cc(C2CNC(C)C(C)O2)c1. The van der Waals surface area contributed by atoms with Gasteiger partial charge in [-0.1, -0.05) is 0 Å². The summed E-state index contributed by atoms with van der Waals surface area (Å²) in [6.07, 6.45) is 0.237. The summed E-state index contributed by atoms with van der Waals surface area (Å²) in [5.41, 5.74) is 1.08. The zero-order valence-corrected chi connectivity index (χ0v) is 11.4. The van der Waals surface area contributed by atoms with Gasteiger partial charge in [-0.25, -0.2) is 0 Å². The van der Waals surface area contributed by atoms with Gasteiger partial charge in [0, 0.05) is 18.7 Å². The highest BCUT2D eigenvalue weighted by Crippen LogP contribution is 2.30. The van der Waals surface area contributed by atoms with Crippen molar-refractivity contribution in [2.45, 2.75) is 32.1 Å². The molecule has 1 saturated heterocycles. The first kappa shape index (κ1) is 13.2. The molecule has 4 nitrogen and oxygen atoms in total. The van der Waals surface area contributed by atoms with E-state index in [4.69, 9.17) is 14.2 Å². The number of nitrogens with one attached hydrogen (secondary N) is 1. The average Bonchev–Trinajstić information content (AvgIpc) is 2.41. The number of hydrogen-bond donors (Lipinski definition) is 1. The maximum Gasteiger partial charge on any atom is 0.122 e. The molecule has 4 heteroatoms. The van der Waals surface area contributed by atoms with Crippen LogP contribution in [-0.2, 0) is 4.74 Å². The van der Waals surface area contributed by atoms with Crippen LogP contribution in [0, 0.1) is 0 Å². The van der Waals surface area contributed by atoms with Crippen molar-refractivity contribution < 1.29 is 14.2 Å². The van der Waals surface area contributed by atoms with Gasteiger partial charge in [0.15, 0.2) is 0 Å². The van der Waals surface area contributed by atoms with Crippen molar-refractivity contribution in [2.75, 3.05) is 20.8 Å². The van der Waals surface area contributed by atoms with Crippen molar-refractivity contribution in [2.24, 2.45) is 0 Å². The Labute approximate surface area is 108 Å². The molecule has 0 saturated carbocycles. The Balaban J connectivity index is 2.22. The maximum absolute atomic E-state index is 6.01. The highest BCUT2D eigenvalue weighted by Gasteiger charge is 2.26. The fourth-order valence-electron chi connectivity index (χ4n) is 2.10. The molecule has 0 amide bonds. The van der Waals surface area contributed by atoms with Gasteiger partial charge in [0.2, 0.25) is 0 Å². The molecule has 1 aliphatic heterocycles. The van der Waals surface area contributed by atoms with Gasteiger partial charge in [0.25, 0.3) is 0 Å². The summed E-state index contributed by atoms with van der Waals surface area (Å²) in [5.74, 6) is 1.58. The Morgan fingerprint density at radius 1 is 1.11 bits per heavy atom. The van der Waals surface area contributed by atoms with E-state index >= 15 is 0 Å². The topological polar surface area (TPSA) is 39.7 Å². The van der Waals surface area contributed by atoms with Crippen LogP contribution in [-0.4, -0.2) is 32.9 Å². The van der Waals surface area contributed by atoms with E-state index in [1.165, 1.54) is 0 Å². The molecule has 3 atom stereocenters. The molecule has 1 fully saturated rings. The van der Waals surface area contributed by atoms with Gasteiger partial charge >= 0.3 is 0 Å². The summed E-state index contributed by atoms with van der Waals surface area (Å²) in [6, 6.07) is 6.25. The summed E-state index contributed by atoms with van der Waals surface area (Å²) in [5, 5.41) is 3.45. The minimum atomic E-state index is 0.0419. The van der Waals surface area contributed by atoms with E-state index in [0.717, 1.165) is 23.6 Å². The third kappa shape index (κ3) is 2.76. The molecule has 0 bridgehead atoms. The second-order valence-electron chi connectivity index (χ2n) is 4.67. The fraction of sp³-hybridized carbons (Fsp3) is 0.571. The molecule has 1 aliphatic rings. The molecule has 18 heavy (non-hydrogen) atoms.